The van der Waals surface area contributed by atoms with Gasteiger partial charge in [-0.25, -0.2) is 0 Å². The molecule has 0 aromatic heterocycles. The van der Waals surface area contributed by atoms with Crippen LogP contribution in [0.3, 0.4) is 0 Å². The Morgan fingerprint density at radius 3 is 2.33 bits per heavy atom. The zero-order chi connectivity index (χ0) is 19.2. The molecule has 0 fully saturated rings. The van der Waals surface area contributed by atoms with Crippen LogP contribution in [0.5, 0.6) is 5.75 Å². The van der Waals surface area contributed by atoms with Gasteiger partial charge in [-0.05, 0) is 42.2 Å². The van der Waals surface area contributed by atoms with Crippen molar-refractivity contribution in [2.45, 2.75) is 26.3 Å². The molecule has 3 aromatic rings. The molecule has 0 bridgehead atoms. The Morgan fingerprint density at radius 2 is 1.67 bits per heavy atom. The monoisotopic (exact) mass is 359 g/mol. The zero-order valence-electron chi connectivity index (χ0n) is 16.0. The van der Waals surface area contributed by atoms with Crippen molar-refractivity contribution in [2.75, 3.05) is 7.11 Å². The summed E-state index contributed by atoms with van der Waals surface area (Å²) in [6, 6.07) is 24.0. The van der Waals surface area contributed by atoms with E-state index in [1.807, 2.05) is 61.5 Å². The van der Waals surface area contributed by atoms with Crippen molar-refractivity contribution in [1.29, 1.82) is 0 Å². The third-order valence-electron chi connectivity index (χ3n) is 4.64. The fourth-order valence-corrected chi connectivity index (χ4v) is 3.30. The number of amides is 1. The maximum atomic E-state index is 12.8. The number of hydrogen-bond acceptors (Lipinski definition) is 2. The maximum absolute atomic E-state index is 12.8. The Morgan fingerprint density at radius 1 is 0.926 bits per heavy atom. The van der Waals surface area contributed by atoms with Gasteiger partial charge in [0.15, 0.2) is 0 Å². The molecular formula is C24H25NO2. The molecule has 0 aliphatic carbocycles. The Kier molecular flexibility index (Phi) is 5.92. The van der Waals surface area contributed by atoms with Gasteiger partial charge in [-0.15, -0.1) is 0 Å². The van der Waals surface area contributed by atoms with E-state index in [2.05, 4.69) is 30.4 Å². The van der Waals surface area contributed by atoms with Gasteiger partial charge in [-0.2, -0.15) is 0 Å². The lowest BCUT2D eigenvalue weighted by molar-refractivity contribution is -0.120. The molecular weight excluding hydrogens is 334 g/mol. The highest BCUT2D eigenvalue weighted by molar-refractivity contribution is 5.79. The summed E-state index contributed by atoms with van der Waals surface area (Å²) in [5, 5.41) is 3.20. The van der Waals surface area contributed by atoms with Crippen LogP contribution in [0.2, 0.25) is 0 Å². The molecule has 3 aromatic carbocycles. The fraction of sp³-hybridized carbons (Fsp3) is 0.208. The molecule has 1 amide bonds. The van der Waals surface area contributed by atoms with Crippen molar-refractivity contribution in [2.24, 2.45) is 0 Å². The van der Waals surface area contributed by atoms with E-state index < -0.39 is 0 Å². The van der Waals surface area contributed by atoms with Crippen molar-refractivity contribution in [3.05, 3.63) is 101 Å². The predicted molar refractivity (Wildman–Crippen MR) is 109 cm³/mol. The highest BCUT2D eigenvalue weighted by Crippen LogP contribution is 2.23. The molecule has 3 heteroatoms. The number of aryl methyl sites for hydroxylation is 2. The van der Waals surface area contributed by atoms with Crippen LogP contribution < -0.4 is 10.1 Å². The number of nitrogens with one attached hydrogen (secondary N) is 1. The van der Waals surface area contributed by atoms with Crippen molar-refractivity contribution < 1.29 is 9.53 Å². The maximum Gasteiger partial charge on any atom is 0.225 e. The quantitative estimate of drug-likeness (QED) is 0.689. The molecule has 1 unspecified atom stereocenters. The average Bonchev–Trinajstić information content (AvgIpc) is 2.67. The molecule has 0 saturated carbocycles. The molecule has 27 heavy (non-hydrogen) atoms. The second-order valence-corrected chi connectivity index (χ2v) is 6.81. The number of benzene rings is 3. The van der Waals surface area contributed by atoms with Crippen molar-refractivity contribution in [3.63, 3.8) is 0 Å². The van der Waals surface area contributed by atoms with Crippen LogP contribution in [-0.2, 0) is 11.2 Å². The zero-order valence-corrected chi connectivity index (χ0v) is 16.0. The Labute approximate surface area is 161 Å². The second-order valence-electron chi connectivity index (χ2n) is 6.81. The van der Waals surface area contributed by atoms with Crippen LogP contribution in [-0.4, -0.2) is 13.0 Å². The molecule has 1 atom stereocenters. The molecule has 3 rings (SSSR count). The third-order valence-corrected chi connectivity index (χ3v) is 4.64. The number of ether oxygens (including phenoxy) is 1. The average molecular weight is 359 g/mol. The minimum Gasteiger partial charge on any atom is -0.496 e. The van der Waals surface area contributed by atoms with E-state index in [1.165, 1.54) is 5.56 Å². The molecule has 0 spiro atoms. The lowest BCUT2D eigenvalue weighted by Gasteiger charge is -2.20. The van der Waals surface area contributed by atoms with E-state index in [-0.39, 0.29) is 11.9 Å². The molecule has 0 heterocycles. The molecule has 3 nitrogen and oxygen atoms in total. The van der Waals surface area contributed by atoms with Gasteiger partial charge in [0.05, 0.1) is 19.6 Å². The first kappa shape index (κ1) is 18.7. The number of carbonyl (C=O) groups excluding carboxylic acids is 1. The summed E-state index contributed by atoms with van der Waals surface area (Å²) in [5.41, 5.74) is 5.33. The van der Waals surface area contributed by atoms with Crippen molar-refractivity contribution in [1.82, 2.24) is 5.32 Å². The van der Waals surface area contributed by atoms with Crippen LogP contribution in [0.25, 0.3) is 0 Å². The van der Waals surface area contributed by atoms with E-state index in [1.54, 1.807) is 7.11 Å². The summed E-state index contributed by atoms with van der Waals surface area (Å²) in [6.07, 6.45) is 0.333. The summed E-state index contributed by atoms with van der Waals surface area (Å²) in [6.45, 7) is 4.05. The largest absolute Gasteiger partial charge is 0.496 e. The van der Waals surface area contributed by atoms with E-state index in [4.69, 9.17) is 4.74 Å². The number of carbonyl (C=O) groups is 1. The molecule has 0 radical (unpaired) electrons. The van der Waals surface area contributed by atoms with Gasteiger partial charge < -0.3 is 10.1 Å². The van der Waals surface area contributed by atoms with E-state index in [9.17, 15) is 4.79 Å². The normalized spacial score (nSPS) is 11.7. The minimum absolute atomic E-state index is 0.00470. The standard InChI is InChI=1S/C24H25NO2/c1-17-8-7-11-21(14-17)24(20-9-5-4-6-10-20)25-23(26)16-19-12-13-22(27-3)18(2)15-19/h4-15,24H,16H2,1-3H3,(H,25,26). The van der Waals surface area contributed by atoms with Gasteiger partial charge in [0.25, 0.3) is 0 Å². The summed E-state index contributed by atoms with van der Waals surface area (Å²) in [5.74, 6) is 0.830. The molecule has 138 valence electrons. The van der Waals surface area contributed by atoms with Gasteiger partial charge in [0.1, 0.15) is 5.75 Å². The van der Waals surface area contributed by atoms with Crippen LogP contribution in [0.1, 0.15) is 33.9 Å². The van der Waals surface area contributed by atoms with Crippen LogP contribution in [0, 0.1) is 13.8 Å². The molecule has 0 aliphatic rings. The van der Waals surface area contributed by atoms with Gasteiger partial charge in [0.2, 0.25) is 5.91 Å². The van der Waals surface area contributed by atoms with E-state index in [0.29, 0.717) is 6.42 Å². The van der Waals surface area contributed by atoms with Gasteiger partial charge in [-0.1, -0.05) is 72.3 Å². The van der Waals surface area contributed by atoms with Crippen molar-refractivity contribution >= 4 is 5.91 Å². The summed E-state index contributed by atoms with van der Waals surface area (Å²) in [7, 11) is 1.65. The third kappa shape index (κ3) is 4.76. The van der Waals surface area contributed by atoms with Gasteiger partial charge in [-0.3, -0.25) is 4.79 Å². The molecule has 0 aliphatic heterocycles. The first-order chi connectivity index (χ1) is 13.1. The summed E-state index contributed by atoms with van der Waals surface area (Å²) < 4.78 is 5.30. The minimum atomic E-state index is -0.169. The topological polar surface area (TPSA) is 38.3 Å². The highest BCUT2D eigenvalue weighted by atomic mass is 16.5. The summed E-state index contributed by atoms with van der Waals surface area (Å²) >= 11 is 0. The van der Waals surface area contributed by atoms with E-state index in [0.717, 1.165) is 28.0 Å². The fourth-order valence-electron chi connectivity index (χ4n) is 3.30. The van der Waals surface area contributed by atoms with Crippen molar-refractivity contribution in [3.8, 4) is 5.75 Å². The Balaban J connectivity index is 1.81. The van der Waals surface area contributed by atoms with Crippen LogP contribution in [0.4, 0.5) is 0 Å². The van der Waals surface area contributed by atoms with Gasteiger partial charge >= 0.3 is 0 Å². The lowest BCUT2D eigenvalue weighted by atomic mass is 9.97. The van der Waals surface area contributed by atoms with Crippen LogP contribution in [0.15, 0.2) is 72.8 Å². The Hall–Kier alpha value is -3.07. The predicted octanol–water partition coefficient (Wildman–Crippen LogP) is 4.76. The lowest BCUT2D eigenvalue weighted by Crippen LogP contribution is -2.30. The Bertz CT molecular complexity index is 919. The van der Waals surface area contributed by atoms with Gasteiger partial charge in [0, 0.05) is 0 Å². The number of hydrogen-bond donors (Lipinski definition) is 1. The molecule has 0 saturated heterocycles. The second kappa shape index (κ2) is 8.54. The first-order valence-electron chi connectivity index (χ1n) is 9.11. The summed E-state index contributed by atoms with van der Waals surface area (Å²) in [4.78, 5) is 12.8. The number of methoxy groups -OCH3 is 1. The number of rotatable bonds is 6. The van der Waals surface area contributed by atoms with Crippen LogP contribution >= 0.6 is 0 Å². The first-order valence-corrected chi connectivity index (χ1v) is 9.11. The smallest absolute Gasteiger partial charge is 0.225 e. The van der Waals surface area contributed by atoms with E-state index >= 15 is 0 Å². The molecule has 1 N–H and O–H groups in total. The highest BCUT2D eigenvalue weighted by Gasteiger charge is 2.17. The SMILES string of the molecule is COc1ccc(CC(=O)NC(c2ccccc2)c2cccc(C)c2)cc1C.